The Balaban J connectivity index is 1.86. The summed E-state index contributed by atoms with van der Waals surface area (Å²) in [5.41, 5.74) is -1.32. The number of hydrogen-bond acceptors (Lipinski definition) is 5. The van der Waals surface area contributed by atoms with E-state index >= 15 is 0 Å². The van der Waals surface area contributed by atoms with Gasteiger partial charge < -0.3 is 24.4 Å². The summed E-state index contributed by atoms with van der Waals surface area (Å²) in [4.78, 5) is 43.7. The first-order valence-corrected chi connectivity index (χ1v) is 12.4. The molecule has 1 aromatic heterocycles. The van der Waals surface area contributed by atoms with Crippen molar-refractivity contribution in [2.24, 2.45) is 0 Å². The summed E-state index contributed by atoms with van der Waals surface area (Å²) in [5, 5.41) is 4.72. The standard InChI is InChI=1S/C25H30F6N6O4/c1-24(2,3)41-23(40)32-14(8-13-9-16(27)17(28)11-15(13)26)10-19(38)36-6-7-37-18(12-36)20(34-22(39)35(4)5)33-21(37)25(29,30)31/h9,11,14H,6-8,10,12H2,1-5H3,(H,32,40)(H,34,39)/t14-/m1/s1. The zero-order chi connectivity index (χ0) is 30.9. The second-order valence-electron chi connectivity index (χ2n) is 10.6. The Morgan fingerprint density at radius 3 is 2.27 bits per heavy atom. The fourth-order valence-corrected chi connectivity index (χ4v) is 4.08. The molecule has 0 spiro atoms. The number of carbonyl (C=O) groups excluding carboxylic acids is 3. The van der Waals surface area contributed by atoms with Gasteiger partial charge in [-0.05, 0) is 38.8 Å². The lowest BCUT2D eigenvalue weighted by atomic mass is 10.0. The topological polar surface area (TPSA) is 109 Å². The summed E-state index contributed by atoms with van der Waals surface area (Å²) in [7, 11) is 2.76. The molecule has 2 aromatic rings. The van der Waals surface area contributed by atoms with Crippen molar-refractivity contribution in [1.82, 2.24) is 24.7 Å². The zero-order valence-corrected chi connectivity index (χ0v) is 23.0. The maximum atomic E-state index is 14.4. The fourth-order valence-electron chi connectivity index (χ4n) is 4.08. The number of amides is 4. The van der Waals surface area contributed by atoms with E-state index in [-0.39, 0.29) is 36.7 Å². The van der Waals surface area contributed by atoms with Gasteiger partial charge in [0, 0.05) is 45.7 Å². The van der Waals surface area contributed by atoms with E-state index in [0.29, 0.717) is 12.1 Å². The molecule has 2 N–H and O–H groups in total. The number of anilines is 1. The Morgan fingerprint density at radius 2 is 1.68 bits per heavy atom. The molecule has 0 fully saturated rings. The van der Waals surface area contributed by atoms with E-state index in [1.54, 1.807) is 20.8 Å². The minimum Gasteiger partial charge on any atom is -0.444 e. The normalized spacial score (nSPS) is 14.3. The second-order valence-corrected chi connectivity index (χ2v) is 10.6. The van der Waals surface area contributed by atoms with Crippen molar-refractivity contribution in [2.75, 3.05) is 26.0 Å². The van der Waals surface area contributed by atoms with Gasteiger partial charge in [0.15, 0.2) is 17.5 Å². The highest BCUT2D eigenvalue weighted by Gasteiger charge is 2.41. The van der Waals surface area contributed by atoms with Crippen LogP contribution in [-0.2, 0) is 35.2 Å². The highest BCUT2D eigenvalue weighted by atomic mass is 19.4. The van der Waals surface area contributed by atoms with Crippen molar-refractivity contribution < 1.29 is 45.5 Å². The van der Waals surface area contributed by atoms with Crippen molar-refractivity contribution in [2.45, 2.75) is 64.5 Å². The number of alkyl carbamates (subject to hydrolysis) is 1. The minimum absolute atomic E-state index is 0.0737. The molecular formula is C25H30F6N6O4. The molecule has 0 radical (unpaired) electrons. The third-order valence-electron chi connectivity index (χ3n) is 5.94. The molecule has 4 amide bonds. The molecule has 0 unspecified atom stereocenters. The molecule has 0 bridgehead atoms. The van der Waals surface area contributed by atoms with Crippen LogP contribution in [-0.4, -0.2) is 69.7 Å². The molecule has 41 heavy (non-hydrogen) atoms. The average Bonchev–Trinajstić information content (AvgIpc) is 3.19. The first-order chi connectivity index (χ1) is 18.9. The third-order valence-corrected chi connectivity index (χ3v) is 5.94. The molecular weight excluding hydrogens is 562 g/mol. The van der Waals surface area contributed by atoms with Gasteiger partial charge in [-0.1, -0.05) is 0 Å². The second kappa shape index (κ2) is 11.9. The van der Waals surface area contributed by atoms with E-state index in [4.69, 9.17) is 4.74 Å². The van der Waals surface area contributed by atoms with Gasteiger partial charge in [0.25, 0.3) is 0 Å². The number of imidazole rings is 1. The number of benzene rings is 1. The molecule has 1 aliphatic rings. The van der Waals surface area contributed by atoms with E-state index in [1.165, 1.54) is 19.0 Å². The van der Waals surface area contributed by atoms with Crippen LogP contribution in [0.3, 0.4) is 0 Å². The van der Waals surface area contributed by atoms with Gasteiger partial charge in [0.2, 0.25) is 11.7 Å². The number of urea groups is 1. The van der Waals surface area contributed by atoms with Gasteiger partial charge in [-0.2, -0.15) is 13.2 Å². The van der Waals surface area contributed by atoms with Crippen molar-refractivity contribution in [3.05, 3.63) is 46.7 Å². The molecule has 0 aliphatic carbocycles. The average molecular weight is 593 g/mol. The van der Waals surface area contributed by atoms with Crippen LogP contribution in [0.15, 0.2) is 12.1 Å². The number of aromatic nitrogens is 2. The number of carbonyl (C=O) groups is 3. The van der Waals surface area contributed by atoms with Crippen molar-refractivity contribution in [3.63, 3.8) is 0 Å². The van der Waals surface area contributed by atoms with Crippen LogP contribution in [0.25, 0.3) is 0 Å². The lowest BCUT2D eigenvalue weighted by Gasteiger charge is -2.31. The number of hydrogen-bond donors (Lipinski definition) is 2. The number of nitrogens with one attached hydrogen (secondary N) is 2. The molecule has 1 aliphatic heterocycles. The molecule has 1 atom stereocenters. The minimum atomic E-state index is -4.83. The van der Waals surface area contributed by atoms with Gasteiger partial charge >= 0.3 is 18.3 Å². The molecule has 1 aromatic carbocycles. The molecule has 0 saturated heterocycles. The zero-order valence-electron chi connectivity index (χ0n) is 23.0. The summed E-state index contributed by atoms with van der Waals surface area (Å²) < 4.78 is 88.5. The van der Waals surface area contributed by atoms with Gasteiger partial charge in [-0.3, -0.25) is 10.1 Å². The monoisotopic (exact) mass is 592 g/mol. The predicted molar refractivity (Wildman–Crippen MR) is 133 cm³/mol. The molecule has 226 valence electrons. The van der Waals surface area contributed by atoms with Gasteiger partial charge in [0.05, 0.1) is 12.2 Å². The maximum Gasteiger partial charge on any atom is 0.449 e. The van der Waals surface area contributed by atoms with Crippen LogP contribution < -0.4 is 10.6 Å². The number of halogens is 6. The SMILES string of the molecule is CN(C)C(=O)Nc1nc(C(F)(F)F)n2c1CN(C(=O)C[C@@H](Cc1cc(F)c(F)cc1F)NC(=O)OC(C)(C)C)CC2. The van der Waals surface area contributed by atoms with Crippen LogP contribution in [0.5, 0.6) is 0 Å². The Labute approximate surface area is 231 Å². The highest BCUT2D eigenvalue weighted by Crippen LogP contribution is 2.34. The van der Waals surface area contributed by atoms with E-state index in [9.17, 15) is 40.7 Å². The smallest absolute Gasteiger partial charge is 0.444 e. The van der Waals surface area contributed by atoms with Gasteiger partial charge in [0.1, 0.15) is 11.4 Å². The Hall–Kier alpha value is -3.98. The van der Waals surface area contributed by atoms with Crippen LogP contribution >= 0.6 is 0 Å². The molecule has 0 saturated carbocycles. The number of fused-ring (bicyclic) bond motifs is 1. The van der Waals surface area contributed by atoms with E-state index in [1.807, 2.05) is 0 Å². The summed E-state index contributed by atoms with van der Waals surface area (Å²) in [6, 6.07) is -0.957. The van der Waals surface area contributed by atoms with Crippen LogP contribution in [0.4, 0.5) is 41.7 Å². The summed E-state index contributed by atoms with van der Waals surface area (Å²) >= 11 is 0. The Kier molecular flexibility index (Phi) is 9.13. The van der Waals surface area contributed by atoms with Crippen LogP contribution in [0, 0.1) is 17.5 Å². The summed E-state index contributed by atoms with van der Waals surface area (Å²) in [5.74, 6) is -6.12. The van der Waals surface area contributed by atoms with E-state index < -0.39 is 72.0 Å². The van der Waals surface area contributed by atoms with Crippen molar-refractivity contribution in [1.29, 1.82) is 0 Å². The quantitative estimate of drug-likeness (QED) is 0.385. The summed E-state index contributed by atoms with van der Waals surface area (Å²) in [6.45, 7) is 3.90. The Bertz CT molecular complexity index is 1320. The number of rotatable bonds is 6. The molecule has 16 heteroatoms. The van der Waals surface area contributed by atoms with Crippen molar-refractivity contribution in [3.8, 4) is 0 Å². The number of alkyl halides is 3. The first kappa shape index (κ1) is 31.5. The molecule has 10 nitrogen and oxygen atoms in total. The number of ether oxygens (including phenoxy) is 1. The molecule has 3 rings (SSSR count). The summed E-state index contributed by atoms with van der Waals surface area (Å²) in [6.07, 6.45) is -6.71. The van der Waals surface area contributed by atoms with E-state index in [2.05, 4.69) is 15.6 Å². The number of nitrogens with zero attached hydrogens (tertiary/aromatic N) is 4. The maximum absolute atomic E-state index is 14.4. The van der Waals surface area contributed by atoms with Crippen molar-refractivity contribution >= 4 is 23.8 Å². The first-order valence-electron chi connectivity index (χ1n) is 12.4. The Morgan fingerprint density at radius 1 is 1.05 bits per heavy atom. The van der Waals surface area contributed by atoms with Crippen LogP contribution in [0.2, 0.25) is 0 Å². The molecule has 2 heterocycles. The largest absolute Gasteiger partial charge is 0.449 e. The third kappa shape index (κ3) is 8.04. The van der Waals surface area contributed by atoms with Gasteiger partial charge in [-0.25, -0.2) is 27.7 Å². The lowest BCUT2D eigenvalue weighted by Crippen LogP contribution is -2.45. The van der Waals surface area contributed by atoms with Crippen LogP contribution in [0.1, 0.15) is 44.3 Å². The highest BCUT2D eigenvalue weighted by molar-refractivity contribution is 5.88. The predicted octanol–water partition coefficient (Wildman–Crippen LogP) is 4.28. The van der Waals surface area contributed by atoms with Gasteiger partial charge in [-0.15, -0.1) is 0 Å². The fraction of sp³-hybridized carbons (Fsp3) is 0.520. The lowest BCUT2D eigenvalue weighted by molar-refractivity contribution is -0.148. The van der Waals surface area contributed by atoms with E-state index in [0.717, 1.165) is 9.47 Å².